The van der Waals surface area contributed by atoms with Gasteiger partial charge in [-0.2, -0.15) is 5.10 Å². The fraction of sp³-hybridized carbons (Fsp3) is 0.294. The van der Waals surface area contributed by atoms with E-state index in [1.807, 2.05) is 41.2 Å². The molecule has 3 rings (SSSR count). The summed E-state index contributed by atoms with van der Waals surface area (Å²) in [6, 6.07) is 10.0. The second-order valence-corrected chi connectivity index (χ2v) is 6.96. The number of aromatic nitrogens is 4. The summed E-state index contributed by atoms with van der Waals surface area (Å²) in [5.74, 6) is 0. The molecule has 0 atom stereocenters. The SMILES string of the molecule is CC(C)n1cc(CNC(=O)Nc2nnc(Cc3ccccc3)s2)cn1. The third kappa shape index (κ3) is 4.87. The Balaban J connectivity index is 1.49. The summed E-state index contributed by atoms with van der Waals surface area (Å²) < 4.78 is 1.86. The van der Waals surface area contributed by atoms with Crippen LogP contribution in [0.5, 0.6) is 0 Å². The standard InChI is InChI=1S/C17H20N6OS/c1-12(2)23-11-14(10-19-23)9-18-16(24)20-17-22-21-15(25-17)8-13-6-4-3-5-7-13/h3-7,10-12H,8-9H2,1-2H3,(H2,18,20,22,24). The van der Waals surface area contributed by atoms with Crippen molar-refractivity contribution in [3.63, 3.8) is 0 Å². The normalized spacial score (nSPS) is 10.8. The monoisotopic (exact) mass is 356 g/mol. The first-order valence-electron chi connectivity index (χ1n) is 8.04. The number of benzene rings is 1. The van der Waals surface area contributed by atoms with Gasteiger partial charge in [0, 0.05) is 30.8 Å². The molecule has 2 aromatic heterocycles. The van der Waals surface area contributed by atoms with E-state index in [1.165, 1.54) is 11.3 Å². The Morgan fingerprint density at radius 3 is 2.72 bits per heavy atom. The Labute approximate surface area is 150 Å². The van der Waals surface area contributed by atoms with Crippen molar-refractivity contribution in [1.82, 2.24) is 25.3 Å². The van der Waals surface area contributed by atoms with E-state index in [-0.39, 0.29) is 6.03 Å². The first kappa shape index (κ1) is 17.1. The summed E-state index contributed by atoms with van der Waals surface area (Å²) in [6.07, 6.45) is 4.38. The topological polar surface area (TPSA) is 84.7 Å². The molecule has 0 bridgehead atoms. The van der Waals surface area contributed by atoms with Crippen LogP contribution < -0.4 is 10.6 Å². The van der Waals surface area contributed by atoms with E-state index < -0.39 is 0 Å². The number of nitrogens with zero attached hydrogens (tertiary/aromatic N) is 4. The zero-order valence-electron chi connectivity index (χ0n) is 14.1. The van der Waals surface area contributed by atoms with Crippen LogP contribution in [0.25, 0.3) is 0 Å². The Morgan fingerprint density at radius 1 is 1.20 bits per heavy atom. The second kappa shape index (κ2) is 7.89. The minimum Gasteiger partial charge on any atom is -0.334 e. The largest absolute Gasteiger partial charge is 0.334 e. The van der Waals surface area contributed by atoms with Crippen molar-refractivity contribution in [2.24, 2.45) is 0 Å². The van der Waals surface area contributed by atoms with Gasteiger partial charge in [-0.05, 0) is 19.4 Å². The van der Waals surface area contributed by atoms with E-state index in [9.17, 15) is 4.79 Å². The molecule has 0 aliphatic carbocycles. The van der Waals surface area contributed by atoms with Crippen molar-refractivity contribution in [3.8, 4) is 0 Å². The van der Waals surface area contributed by atoms with Crippen LogP contribution in [-0.4, -0.2) is 26.0 Å². The lowest BCUT2D eigenvalue weighted by Crippen LogP contribution is -2.28. The van der Waals surface area contributed by atoms with Crippen LogP contribution in [0.1, 0.15) is 36.0 Å². The van der Waals surface area contributed by atoms with Crippen LogP contribution in [0.2, 0.25) is 0 Å². The van der Waals surface area contributed by atoms with E-state index in [0.717, 1.165) is 16.1 Å². The zero-order chi connectivity index (χ0) is 17.6. The Morgan fingerprint density at radius 2 is 2.00 bits per heavy atom. The zero-order valence-corrected chi connectivity index (χ0v) is 15.0. The van der Waals surface area contributed by atoms with Crippen molar-refractivity contribution in [1.29, 1.82) is 0 Å². The van der Waals surface area contributed by atoms with E-state index in [0.29, 0.717) is 24.1 Å². The Bertz CT molecular complexity index is 827. The maximum Gasteiger partial charge on any atom is 0.321 e. The van der Waals surface area contributed by atoms with Gasteiger partial charge in [-0.3, -0.25) is 10.00 Å². The first-order valence-corrected chi connectivity index (χ1v) is 8.86. The van der Waals surface area contributed by atoms with Crippen molar-refractivity contribution in [3.05, 3.63) is 58.9 Å². The predicted molar refractivity (Wildman–Crippen MR) is 97.6 cm³/mol. The van der Waals surface area contributed by atoms with Crippen LogP contribution in [0.15, 0.2) is 42.7 Å². The molecular formula is C17H20N6OS. The summed E-state index contributed by atoms with van der Waals surface area (Å²) in [4.78, 5) is 12.0. The van der Waals surface area contributed by atoms with Crippen LogP contribution >= 0.6 is 11.3 Å². The number of hydrogen-bond acceptors (Lipinski definition) is 5. The fourth-order valence-corrected chi connectivity index (χ4v) is 2.99. The van der Waals surface area contributed by atoms with Crippen molar-refractivity contribution in [2.45, 2.75) is 32.9 Å². The lowest BCUT2D eigenvalue weighted by atomic mass is 10.2. The van der Waals surface area contributed by atoms with Crippen molar-refractivity contribution < 1.29 is 4.79 Å². The molecule has 2 amide bonds. The van der Waals surface area contributed by atoms with Gasteiger partial charge in [-0.25, -0.2) is 4.79 Å². The van der Waals surface area contributed by atoms with Crippen LogP contribution in [0.3, 0.4) is 0 Å². The number of nitrogens with one attached hydrogen (secondary N) is 2. The van der Waals surface area contributed by atoms with E-state index in [4.69, 9.17) is 0 Å². The molecule has 0 saturated heterocycles. The second-order valence-electron chi connectivity index (χ2n) is 5.89. The smallest absolute Gasteiger partial charge is 0.321 e. The van der Waals surface area contributed by atoms with Gasteiger partial charge in [0.2, 0.25) is 5.13 Å². The molecule has 3 aromatic rings. The predicted octanol–water partition coefficient (Wildman–Crippen LogP) is 3.23. The summed E-state index contributed by atoms with van der Waals surface area (Å²) in [6.45, 7) is 4.52. The van der Waals surface area contributed by atoms with Crippen LogP contribution in [0, 0.1) is 0 Å². The van der Waals surface area contributed by atoms with E-state index in [1.54, 1.807) is 6.20 Å². The minimum absolute atomic E-state index is 0.298. The summed E-state index contributed by atoms with van der Waals surface area (Å²) in [7, 11) is 0. The number of rotatable bonds is 6. The van der Waals surface area contributed by atoms with Gasteiger partial charge in [-0.1, -0.05) is 41.7 Å². The summed E-state index contributed by atoms with van der Waals surface area (Å²) in [5.41, 5.74) is 2.11. The maximum atomic E-state index is 12.0. The third-order valence-electron chi connectivity index (χ3n) is 3.52. The molecule has 0 unspecified atom stereocenters. The molecule has 0 spiro atoms. The van der Waals surface area contributed by atoms with Crippen LogP contribution in [-0.2, 0) is 13.0 Å². The van der Waals surface area contributed by atoms with Gasteiger partial charge >= 0.3 is 6.03 Å². The number of carbonyl (C=O) groups excluding carboxylic acids is 1. The Hall–Kier alpha value is -2.74. The number of anilines is 1. The lowest BCUT2D eigenvalue weighted by molar-refractivity contribution is 0.251. The first-order chi connectivity index (χ1) is 12.1. The molecule has 7 nitrogen and oxygen atoms in total. The molecule has 2 N–H and O–H groups in total. The molecule has 25 heavy (non-hydrogen) atoms. The van der Waals surface area contributed by atoms with Gasteiger partial charge < -0.3 is 5.32 Å². The fourth-order valence-electron chi connectivity index (χ4n) is 2.22. The van der Waals surface area contributed by atoms with Gasteiger partial charge in [0.05, 0.1) is 6.20 Å². The maximum absolute atomic E-state index is 12.0. The third-order valence-corrected chi connectivity index (χ3v) is 4.36. The average Bonchev–Trinajstić information content (AvgIpc) is 3.23. The van der Waals surface area contributed by atoms with E-state index >= 15 is 0 Å². The molecule has 0 saturated carbocycles. The molecule has 0 aliphatic heterocycles. The molecule has 8 heteroatoms. The molecule has 0 aliphatic rings. The quantitative estimate of drug-likeness (QED) is 0.710. The molecule has 1 aromatic carbocycles. The molecule has 2 heterocycles. The van der Waals surface area contributed by atoms with Gasteiger partial charge in [0.1, 0.15) is 5.01 Å². The highest BCUT2D eigenvalue weighted by Gasteiger charge is 2.09. The highest BCUT2D eigenvalue weighted by Crippen LogP contribution is 2.18. The summed E-state index contributed by atoms with van der Waals surface area (Å²) >= 11 is 1.38. The van der Waals surface area contributed by atoms with Gasteiger partial charge in [0.25, 0.3) is 0 Å². The molecular weight excluding hydrogens is 336 g/mol. The Kier molecular flexibility index (Phi) is 5.39. The van der Waals surface area contributed by atoms with Gasteiger partial charge in [0.15, 0.2) is 0 Å². The minimum atomic E-state index is -0.306. The highest BCUT2D eigenvalue weighted by atomic mass is 32.1. The van der Waals surface area contributed by atoms with Crippen molar-refractivity contribution >= 4 is 22.5 Å². The highest BCUT2D eigenvalue weighted by molar-refractivity contribution is 7.15. The average molecular weight is 356 g/mol. The lowest BCUT2D eigenvalue weighted by Gasteiger charge is -2.04. The molecule has 0 fully saturated rings. The van der Waals surface area contributed by atoms with E-state index in [2.05, 4.69) is 39.8 Å². The molecule has 130 valence electrons. The number of amides is 2. The van der Waals surface area contributed by atoms with Crippen LogP contribution in [0.4, 0.5) is 9.93 Å². The number of urea groups is 1. The number of hydrogen-bond donors (Lipinski definition) is 2. The van der Waals surface area contributed by atoms with Crippen molar-refractivity contribution in [2.75, 3.05) is 5.32 Å². The molecule has 0 radical (unpaired) electrons. The van der Waals surface area contributed by atoms with Gasteiger partial charge in [-0.15, -0.1) is 10.2 Å². The number of carbonyl (C=O) groups is 1. The summed E-state index contributed by atoms with van der Waals surface area (Å²) in [5, 5.41) is 19.2.